The number of carboxylic acid groups (broad SMARTS) is 1. The molecule has 0 radical (unpaired) electrons. The fourth-order valence-corrected chi connectivity index (χ4v) is 0.850. The predicted molar refractivity (Wildman–Crippen MR) is 30.1 cm³/mol. The SMILES string of the molecule is O=C(O)N1CCCC1=O.[H-].[Li+]. The largest absolute Gasteiger partial charge is 1.00 e. The fraction of sp³-hybridized carbons (Fsp3) is 0.600. The molecule has 0 spiro atoms. The average Bonchev–Trinajstić information content (AvgIpc) is 2.13. The Balaban J connectivity index is 0. The van der Waals surface area contributed by atoms with E-state index in [4.69, 9.17) is 5.11 Å². The van der Waals surface area contributed by atoms with Gasteiger partial charge in [-0.25, -0.2) is 9.69 Å². The van der Waals surface area contributed by atoms with Crippen molar-refractivity contribution in [1.29, 1.82) is 0 Å². The molecule has 0 atom stereocenters. The Morgan fingerprint density at radius 3 is 2.50 bits per heavy atom. The topological polar surface area (TPSA) is 57.6 Å². The van der Waals surface area contributed by atoms with Crippen LogP contribution in [-0.4, -0.2) is 28.6 Å². The first-order chi connectivity index (χ1) is 4.22. The van der Waals surface area contributed by atoms with E-state index in [1.54, 1.807) is 0 Å². The van der Waals surface area contributed by atoms with Gasteiger partial charge in [-0.05, 0) is 6.42 Å². The van der Waals surface area contributed by atoms with Crippen LogP contribution in [0, 0.1) is 0 Å². The van der Waals surface area contributed by atoms with Crippen molar-refractivity contribution in [3.8, 4) is 0 Å². The summed E-state index contributed by atoms with van der Waals surface area (Å²) in [7, 11) is 0. The van der Waals surface area contributed by atoms with Crippen LogP contribution in [0.1, 0.15) is 14.3 Å². The number of likely N-dealkylation sites (tertiary alicyclic amines) is 1. The molecule has 1 rings (SSSR count). The van der Waals surface area contributed by atoms with Gasteiger partial charge in [-0.2, -0.15) is 0 Å². The zero-order chi connectivity index (χ0) is 6.85. The van der Waals surface area contributed by atoms with Crippen LogP contribution in [0.15, 0.2) is 0 Å². The molecule has 1 fully saturated rings. The Morgan fingerprint density at radius 1 is 1.70 bits per heavy atom. The molecule has 2 amide bonds. The third kappa shape index (κ3) is 1.76. The molecule has 5 heteroatoms. The van der Waals surface area contributed by atoms with Crippen LogP contribution in [-0.2, 0) is 4.79 Å². The molecule has 1 aliphatic rings. The summed E-state index contributed by atoms with van der Waals surface area (Å²) >= 11 is 0. The number of amides is 2. The Labute approximate surface area is 71.9 Å². The van der Waals surface area contributed by atoms with E-state index in [2.05, 4.69) is 0 Å². The molecule has 1 aliphatic heterocycles. The molecule has 0 aromatic carbocycles. The van der Waals surface area contributed by atoms with Crippen LogP contribution in [0.5, 0.6) is 0 Å². The Kier molecular flexibility index (Phi) is 3.48. The summed E-state index contributed by atoms with van der Waals surface area (Å²) in [4.78, 5) is 21.5. The molecule has 0 aromatic heterocycles. The van der Waals surface area contributed by atoms with Crippen LogP contribution in [0.25, 0.3) is 0 Å². The predicted octanol–water partition coefficient (Wildman–Crippen LogP) is -2.60. The first-order valence-electron chi connectivity index (χ1n) is 2.75. The number of nitrogens with zero attached hydrogens (tertiary/aromatic N) is 1. The van der Waals surface area contributed by atoms with Gasteiger partial charge in [0, 0.05) is 13.0 Å². The number of imide groups is 1. The maximum Gasteiger partial charge on any atom is 1.00 e. The molecule has 1 saturated heterocycles. The second kappa shape index (κ2) is 3.64. The standard InChI is InChI=1S/C5H7NO3.Li.H/c7-4-2-1-3-6(4)5(8)9;;/h1-3H2,(H,8,9);;/q;+1;-1. The molecule has 1 N–H and O–H groups in total. The van der Waals surface area contributed by atoms with E-state index >= 15 is 0 Å². The van der Waals surface area contributed by atoms with Gasteiger partial charge in [-0.15, -0.1) is 0 Å². The van der Waals surface area contributed by atoms with Crippen LogP contribution >= 0.6 is 0 Å². The minimum Gasteiger partial charge on any atom is -1.00 e. The third-order valence-electron chi connectivity index (χ3n) is 1.30. The number of carbonyl (C=O) groups is 2. The monoisotopic (exact) mass is 137 g/mol. The van der Waals surface area contributed by atoms with Gasteiger partial charge in [-0.1, -0.05) is 0 Å². The van der Waals surface area contributed by atoms with E-state index in [0.29, 0.717) is 19.4 Å². The van der Waals surface area contributed by atoms with Crippen molar-refractivity contribution < 1.29 is 35.0 Å². The normalized spacial score (nSPS) is 16.8. The van der Waals surface area contributed by atoms with Gasteiger partial charge in [0.2, 0.25) is 5.91 Å². The van der Waals surface area contributed by atoms with E-state index in [1.807, 2.05) is 0 Å². The quantitative estimate of drug-likeness (QED) is 0.372. The molecular weight excluding hydrogens is 129 g/mol. The van der Waals surface area contributed by atoms with Crippen molar-refractivity contribution in [3.05, 3.63) is 0 Å². The molecule has 52 valence electrons. The van der Waals surface area contributed by atoms with Crippen molar-refractivity contribution in [1.82, 2.24) is 4.90 Å². The van der Waals surface area contributed by atoms with Crippen LogP contribution in [0.2, 0.25) is 0 Å². The van der Waals surface area contributed by atoms with Crippen molar-refractivity contribution in [2.45, 2.75) is 12.8 Å². The van der Waals surface area contributed by atoms with Crippen molar-refractivity contribution in [3.63, 3.8) is 0 Å². The molecule has 0 bridgehead atoms. The molecule has 0 aromatic rings. The average molecular weight is 137 g/mol. The van der Waals surface area contributed by atoms with Gasteiger partial charge in [0.1, 0.15) is 0 Å². The Morgan fingerprint density at radius 2 is 2.30 bits per heavy atom. The van der Waals surface area contributed by atoms with Crippen molar-refractivity contribution >= 4 is 12.0 Å². The summed E-state index contributed by atoms with van der Waals surface area (Å²) in [5, 5.41) is 8.29. The molecule has 10 heavy (non-hydrogen) atoms. The first-order valence-corrected chi connectivity index (χ1v) is 2.75. The van der Waals surface area contributed by atoms with Gasteiger partial charge >= 0.3 is 25.0 Å². The van der Waals surface area contributed by atoms with E-state index in [-0.39, 0.29) is 26.2 Å². The summed E-state index contributed by atoms with van der Waals surface area (Å²) < 4.78 is 0. The van der Waals surface area contributed by atoms with Crippen LogP contribution < -0.4 is 18.9 Å². The van der Waals surface area contributed by atoms with E-state index in [1.165, 1.54) is 0 Å². The van der Waals surface area contributed by atoms with Crippen LogP contribution in [0.4, 0.5) is 4.79 Å². The number of hydrogen-bond donors (Lipinski definition) is 1. The van der Waals surface area contributed by atoms with Crippen LogP contribution in [0.3, 0.4) is 0 Å². The molecule has 1 heterocycles. The molecule has 4 nitrogen and oxygen atoms in total. The van der Waals surface area contributed by atoms with Gasteiger partial charge in [0.25, 0.3) is 0 Å². The summed E-state index contributed by atoms with van der Waals surface area (Å²) in [6.07, 6.45) is -0.0743. The van der Waals surface area contributed by atoms with Gasteiger partial charge in [0.05, 0.1) is 0 Å². The molecule has 0 unspecified atom stereocenters. The zero-order valence-electron chi connectivity index (χ0n) is 6.83. The van der Waals surface area contributed by atoms with Crippen molar-refractivity contribution in [2.24, 2.45) is 0 Å². The second-order valence-electron chi connectivity index (χ2n) is 1.93. The second-order valence-corrected chi connectivity index (χ2v) is 1.93. The Hall–Kier alpha value is -0.463. The fourth-order valence-electron chi connectivity index (χ4n) is 0.850. The molecule has 0 saturated carbocycles. The first kappa shape index (κ1) is 9.54. The summed E-state index contributed by atoms with van der Waals surface area (Å²) in [6.45, 7) is 0.369. The maximum atomic E-state index is 10.6. The van der Waals surface area contributed by atoms with E-state index in [9.17, 15) is 9.59 Å². The minimum absolute atomic E-state index is 0. The van der Waals surface area contributed by atoms with E-state index < -0.39 is 6.09 Å². The minimum atomic E-state index is -1.13. The zero-order valence-corrected chi connectivity index (χ0v) is 5.83. The third-order valence-corrected chi connectivity index (χ3v) is 1.30. The number of hydrogen-bond acceptors (Lipinski definition) is 2. The smallest absolute Gasteiger partial charge is 1.00 e. The van der Waals surface area contributed by atoms with Gasteiger partial charge in [-0.3, -0.25) is 4.79 Å². The maximum absolute atomic E-state index is 10.6. The summed E-state index contributed by atoms with van der Waals surface area (Å²) in [6, 6.07) is 0. The van der Waals surface area contributed by atoms with E-state index in [0.717, 1.165) is 4.90 Å². The van der Waals surface area contributed by atoms with Crippen molar-refractivity contribution in [2.75, 3.05) is 6.54 Å². The van der Waals surface area contributed by atoms with Gasteiger partial charge in [0.15, 0.2) is 0 Å². The summed E-state index contributed by atoms with van der Waals surface area (Å²) in [5.74, 6) is -0.275. The number of carbonyl (C=O) groups excluding carboxylic acids is 1. The molecule has 0 aliphatic carbocycles. The summed E-state index contributed by atoms with van der Waals surface area (Å²) in [5.41, 5.74) is 0. The van der Waals surface area contributed by atoms with Gasteiger partial charge < -0.3 is 6.53 Å². The Bertz CT molecular complexity index is 164. The molecular formula is C5H8LiNO3. The number of rotatable bonds is 0.